The Morgan fingerprint density at radius 3 is 2.62 bits per heavy atom. The minimum absolute atomic E-state index is 0.157. The first-order valence-electron chi connectivity index (χ1n) is 9.24. The summed E-state index contributed by atoms with van der Waals surface area (Å²) in [5.41, 5.74) is 2.26. The van der Waals surface area contributed by atoms with Crippen molar-refractivity contribution in [2.75, 3.05) is 10.2 Å². The molecule has 1 aliphatic heterocycles. The van der Waals surface area contributed by atoms with Crippen molar-refractivity contribution in [3.8, 4) is 5.75 Å². The Kier molecular flexibility index (Phi) is 4.99. The number of fused-ring (bicyclic) bond motifs is 1. The normalized spacial score (nSPS) is 15.4. The highest BCUT2D eigenvalue weighted by atomic mass is 19.1. The van der Waals surface area contributed by atoms with Gasteiger partial charge >= 0.3 is 0 Å². The van der Waals surface area contributed by atoms with Crippen molar-refractivity contribution in [3.63, 3.8) is 0 Å². The van der Waals surface area contributed by atoms with Crippen LogP contribution < -0.4 is 15.0 Å². The zero-order chi connectivity index (χ0) is 20.4. The molecule has 2 amide bonds. The van der Waals surface area contributed by atoms with Crippen LogP contribution in [0, 0.1) is 5.82 Å². The summed E-state index contributed by atoms with van der Waals surface area (Å²) in [7, 11) is 0. The third-order valence-corrected chi connectivity index (χ3v) is 4.70. The largest absolute Gasteiger partial charge is 0.479 e. The Morgan fingerprint density at radius 2 is 1.86 bits per heavy atom. The number of hydrogen-bond acceptors (Lipinski definition) is 3. The highest BCUT2D eigenvalue weighted by molar-refractivity contribution is 6.05. The van der Waals surface area contributed by atoms with E-state index >= 15 is 0 Å². The lowest BCUT2D eigenvalue weighted by atomic mass is 10.1. The van der Waals surface area contributed by atoms with Gasteiger partial charge < -0.3 is 15.0 Å². The summed E-state index contributed by atoms with van der Waals surface area (Å²) in [6.45, 7) is 2.10. The Labute approximate surface area is 167 Å². The van der Waals surface area contributed by atoms with E-state index in [2.05, 4.69) is 5.32 Å². The number of benzene rings is 3. The van der Waals surface area contributed by atoms with Crippen LogP contribution in [0.2, 0.25) is 0 Å². The smallest absolute Gasteiger partial charge is 0.268 e. The minimum atomic E-state index is -0.598. The summed E-state index contributed by atoms with van der Waals surface area (Å²) in [5.74, 6) is -0.507. The van der Waals surface area contributed by atoms with Crippen molar-refractivity contribution in [3.05, 3.63) is 89.7 Å². The second-order valence-corrected chi connectivity index (χ2v) is 6.82. The molecular formula is C23H19FN2O3. The summed E-state index contributed by atoms with van der Waals surface area (Å²) in [5, 5.41) is 2.75. The molecule has 3 aromatic carbocycles. The van der Waals surface area contributed by atoms with Gasteiger partial charge in [0.25, 0.3) is 11.8 Å². The van der Waals surface area contributed by atoms with Crippen molar-refractivity contribution in [2.45, 2.75) is 19.6 Å². The lowest BCUT2D eigenvalue weighted by molar-refractivity contribution is -0.125. The van der Waals surface area contributed by atoms with Crippen LogP contribution in [0.4, 0.5) is 15.8 Å². The monoisotopic (exact) mass is 390 g/mol. The van der Waals surface area contributed by atoms with Crippen LogP contribution in [0.15, 0.2) is 72.8 Å². The molecule has 0 aromatic heterocycles. The van der Waals surface area contributed by atoms with Gasteiger partial charge in [-0.15, -0.1) is 0 Å². The fraction of sp³-hybridized carbons (Fsp3) is 0.130. The number of carbonyl (C=O) groups is 2. The van der Waals surface area contributed by atoms with Crippen LogP contribution in [0.25, 0.3) is 0 Å². The van der Waals surface area contributed by atoms with E-state index in [0.29, 0.717) is 23.7 Å². The molecule has 1 atom stereocenters. The van der Waals surface area contributed by atoms with E-state index in [1.165, 1.54) is 24.3 Å². The predicted molar refractivity (Wildman–Crippen MR) is 109 cm³/mol. The van der Waals surface area contributed by atoms with Crippen molar-refractivity contribution >= 4 is 23.2 Å². The number of nitrogens with one attached hydrogen (secondary N) is 1. The van der Waals surface area contributed by atoms with E-state index in [-0.39, 0.29) is 11.5 Å². The Bertz CT molecular complexity index is 1070. The van der Waals surface area contributed by atoms with Gasteiger partial charge in [-0.3, -0.25) is 9.59 Å². The first-order chi connectivity index (χ1) is 14.0. The van der Waals surface area contributed by atoms with Crippen molar-refractivity contribution in [2.24, 2.45) is 0 Å². The number of rotatable bonds is 4. The minimum Gasteiger partial charge on any atom is -0.479 e. The Balaban J connectivity index is 1.63. The summed E-state index contributed by atoms with van der Waals surface area (Å²) < 4.78 is 19.1. The summed E-state index contributed by atoms with van der Waals surface area (Å²) in [6, 6.07) is 20.2. The van der Waals surface area contributed by atoms with E-state index in [1.807, 2.05) is 30.3 Å². The van der Waals surface area contributed by atoms with Crippen LogP contribution in [0.1, 0.15) is 22.8 Å². The summed E-state index contributed by atoms with van der Waals surface area (Å²) in [4.78, 5) is 26.8. The van der Waals surface area contributed by atoms with E-state index in [9.17, 15) is 14.0 Å². The lowest BCUT2D eigenvalue weighted by Gasteiger charge is -2.33. The molecule has 4 rings (SSSR count). The van der Waals surface area contributed by atoms with Crippen LogP contribution in [-0.4, -0.2) is 17.9 Å². The molecule has 1 N–H and O–H groups in total. The van der Waals surface area contributed by atoms with Crippen LogP contribution >= 0.6 is 0 Å². The molecule has 5 nitrogen and oxygen atoms in total. The van der Waals surface area contributed by atoms with E-state index in [4.69, 9.17) is 4.74 Å². The molecule has 0 fully saturated rings. The predicted octanol–water partition coefficient (Wildman–Crippen LogP) is 4.39. The first-order valence-corrected chi connectivity index (χ1v) is 9.24. The van der Waals surface area contributed by atoms with Gasteiger partial charge in [0.15, 0.2) is 6.10 Å². The van der Waals surface area contributed by atoms with Crippen LogP contribution in [0.3, 0.4) is 0 Å². The SMILES string of the molecule is CC1Oc2ccc(NC(=O)c3cccc(F)c3)cc2N(Cc2ccccc2)C1=O. The number of nitrogens with zero attached hydrogens (tertiary/aromatic N) is 1. The van der Waals surface area contributed by atoms with Crippen molar-refractivity contribution < 1.29 is 18.7 Å². The molecule has 1 unspecified atom stereocenters. The molecule has 0 aliphatic carbocycles. The number of amides is 2. The van der Waals surface area contributed by atoms with E-state index in [0.717, 1.165) is 5.56 Å². The molecule has 0 saturated carbocycles. The molecule has 29 heavy (non-hydrogen) atoms. The highest BCUT2D eigenvalue weighted by Crippen LogP contribution is 2.37. The fourth-order valence-corrected chi connectivity index (χ4v) is 3.25. The molecule has 0 spiro atoms. The fourth-order valence-electron chi connectivity index (χ4n) is 3.25. The zero-order valence-electron chi connectivity index (χ0n) is 15.8. The van der Waals surface area contributed by atoms with Crippen molar-refractivity contribution in [1.82, 2.24) is 0 Å². The van der Waals surface area contributed by atoms with E-state index in [1.54, 1.807) is 30.0 Å². The molecule has 1 heterocycles. The van der Waals surface area contributed by atoms with Gasteiger partial charge in [0.1, 0.15) is 11.6 Å². The van der Waals surface area contributed by atoms with Crippen LogP contribution in [0.5, 0.6) is 5.75 Å². The standard InChI is InChI=1S/C23H19FN2O3/c1-15-23(28)26(14-16-6-3-2-4-7-16)20-13-19(10-11-21(20)29-15)25-22(27)17-8-5-9-18(24)12-17/h2-13,15H,14H2,1H3,(H,25,27). The van der Waals surface area contributed by atoms with Crippen molar-refractivity contribution in [1.29, 1.82) is 0 Å². The molecule has 3 aromatic rings. The summed E-state index contributed by atoms with van der Waals surface area (Å²) in [6.07, 6.45) is -0.598. The maximum absolute atomic E-state index is 13.4. The van der Waals surface area contributed by atoms with Gasteiger partial charge in [-0.1, -0.05) is 36.4 Å². The van der Waals surface area contributed by atoms with Crippen LogP contribution in [-0.2, 0) is 11.3 Å². The number of hydrogen-bond donors (Lipinski definition) is 1. The second-order valence-electron chi connectivity index (χ2n) is 6.82. The zero-order valence-corrected chi connectivity index (χ0v) is 15.8. The molecular weight excluding hydrogens is 371 g/mol. The average molecular weight is 390 g/mol. The number of carbonyl (C=O) groups excluding carboxylic acids is 2. The van der Waals surface area contributed by atoms with Gasteiger partial charge in [0.05, 0.1) is 12.2 Å². The maximum Gasteiger partial charge on any atom is 0.268 e. The molecule has 6 heteroatoms. The first kappa shape index (κ1) is 18.7. The molecule has 0 bridgehead atoms. The van der Waals surface area contributed by atoms with Gasteiger partial charge in [0.2, 0.25) is 0 Å². The number of ether oxygens (including phenoxy) is 1. The third-order valence-electron chi connectivity index (χ3n) is 4.70. The average Bonchev–Trinajstić information content (AvgIpc) is 2.72. The third kappa shape index (κ3) is 3.96. The molecule has 0 saturated heterocycles. The second kappa shape index (κ2) is 7.75. The Morgan fingerprint density at radius 1 is 1.07 bits per heavy atom. The lowest BCUT2D eigenvalue weighted by Crippen LogP contribution is -2.44. The van der Waals surface area contributed by atoms with Gasteiger partial charge in [-0.05, 0) is 48.9 Å². The maximum atomic E-state index is 13.4. The van der Waals surface area contributed by atoms with Gasteiger partial charge in [-0.2, -0.15) is 0 Å². The number of anilines is 2. The highest BCUT2D eigenvalue weighted by Gasteiger charge is 2.31. The molecule has 0 radical (unpaired) electrons. The molecule has 1 aliphatic rings. The quantitative estimate of drug-likeness (QED) is 0.719. The van der Waals surface area contributed by atoms with Gasteiger partial charge in [0, 0.05) is 11.3 Å². The topological polar surface area (TPSA) is 58.6 Å². The van der Waals surface area contributed by atoms with E-state index < -0.39 is 17.8 Å². The van der Waals surface area contributed by atoms with Gasteiger partial charge in [-0.25, -0.2) is 4.39 Å². The number of halogens is 1. The Hall–Kier alpha value is -3.67. The summed E-state index contributed by atoms with van der Waals surface area (Å²) >= 11 is 0. The molecule has 146 valence electrons.